The smallest absolute Gasteiger partial charge is 0.206 e. The molecule has 0 atom stereocenters. The van der Waals surface area contributed by atoms with E-state index in [0.717, 1.165) is 0 Å². The van der Waals surface area contributed by atoms with Crippen LogP contribution in [0.4, 0.5) is 4.39 Å². The van der Waals surface area contributed by atoms with E-state index in [0.29, 0.717) is 26.2 Å². The van der Waals surface area contributed by atoms with Crippen molar-refractivity contribution < 1.29 is 12.8 Å². The van der Waals surface area contributed by atoms with Gasteiger partial charge in [0.2, 0.25) is 9.84 Å². The number of rotatable bonds is 4. The molecule has 0 saturated carbocycles. The van der Waals surface area contributed by atoms with E-state index in [2.05, 4.69) is 10.2 Å². The molecule has 28 heavy (non-hydrogen) atoms. The zero-order chi connectivity index (χ0) is 19.7. The Morgan fingerprint density at radius 2 is 1.36 bits per heavy atom. The normalized spacial score (nSPS) is 11.5. The highest BCUT2D eigenvalue weighted by molar-refractivity contribution is 7.91. The Morgan fingerprint density at radius 3 is 2.00 bits per heavy atom. The van der Waals surface area contributed by atoms with E-state index < -0.39 is 9.84 Å². The van der Waals surface area contributed by atoms with Gasteiger partial charge in [0.15, 0.2) is 5.01 Å². The molecule has 3 aromatic carbocycles. The van der Waals surface area contributed by atoms with Crippen LogP contribution in [0.3, 0.4) is 0 Å². The molecule has 1 aromatic heterocycles. The molecule has 4 aromatic rings. The van der Waals surface area contributed by atoms with Gasteiger partial charge in [-0.1, -0.05) is 47.2 Å². The van der Waals surface area contributed by atoms with Crippen molar-refractivity contribution in [1.82, 2.24) is 10.2 Å². The van der Waals surface area contributed by atoms with Crippen LogP contribution in [-0.4, -0.2) is 18.6 Å². The van der Waals surface area contributed by atoms with Gasteiger partial charge in [0, 0.05) is 16.1 Å². The average Bonchev–Trinajstić information content (AvgIpc) is 3.19. The molecule has 8 heteroatoms. The van der Waals surface area contributed by atoms with Gasteiger partial charge in [0.25, 0.3) is 0 Å². The molecule has 0 radical (unpaired) electrons. The van der Waals surface area contributed by atoms with Crippen molar-refractivity contribution >= 4 is 32.8 Å². The van der Waals surface area contributed by atoms with E-state index in [-0.39, 0.29) is 15.6 Å². The second-order valence-corrected chi connectivity index (χ2v) is 9.24. The largest absolute Gasteiger partial charge is 0.219 e. The Bertz CT molecular complexity index is 1240. The Labute approximate surface area is 170 Å². The van der Waals surface area contributed by atoms with Gasteiger partial charge >= 0.3 is 0 Å². The lowest BCUT2D eigenvalue weighted by atomic mass is 10.2. The molecule has 140 valence electrons. The van der Waals surface area contributed by atoms with Crippen LogP contribution in [-0.2, 0) is 9.84 Å². The second kappa shape index (κ2) is 7.43. The summed E-state index contributed by atoms with van der Waals surface area (Å²) in [5.41, 5.74) is 1.09. The number of hydrogen-bond donors (Lipinski definition) is 0. The number of halogens is 2. The van der Waals surface area contributed by atoms with E-state index in [1.165, 1.54) is 53.8 Å². The first-order chi connectivity index (χ1) is 13.4. The number of sulfone groups is 1. The molecule has 0 aliphatic carbocycles. The maximum Gasteiger partial charge on any atom is 0.206 e. The minimum absolute atomic E-state index is 0.164. The summed E-state index contributed by atoms with van der Waals surface area (Å²) in [5, 5.41) is 9.66. The molecular weight excluding hydrogens is 419 g/mol. The van der Waals surface area contributed by atoms with Crippen molar-refractivity contribution in [3.63, 3.8) is 0 Å². The summed E-state index contributed by atoms with van der Waals surface area (Å²) < 4.78 is 39.3. The van der Waals surface area contributed by atoms with Crippen LogP contribution < -0.4 is 0 Å². The van der Waals surface area contributed by atoms with Gasteiger partial charge in [-0.05, 0) is 48.5 Å². The van der Waals surface area contributed by atoms with Gasteiger partial charge < -0.3 is 0 Å². The lowest BCUT2D eigenvalue weighted by Crippen LogP contribution is -2.01. The van der Waals surface area contributed by atoms with E-state index in [4.69, 9.17) is 11.6 Å². The van der Waals surface area contributed by atoms with Crippen LogP contribution in [0, 0.1) is 5.82 Å². The number of benzene rings is 3. The van der Waals surface area contributed by atoms with E-state index in [1.54, 1.807) is 30.3 Å². The third-order valence-electron chi connectivity index (χ3n) is 4.06. The molecular formula is C20H12ClFN2O2S2. The maximum atomic E-state index is 13.9. The summed E-state index contributed by atoms with van der Waals surface area (Å²) in [6.45, 7) is 0. The zero-order valence-electron chi connectivity index (χ0n) is 14.2. The fourth-order valence-corrected chi connectivity index (χ4v) is 4.87. The van der Waals surface area contributed by atoms with Crippen molar-refractivity contribution in [3.8, 4) is 21.1 Å². The van der Waals surface area contributed by atoms with E-state index >= 15 is 0 Å². The Kier molecular flexibility index (Phi) is 4.97. The molecule has 0 fully saturated rings. The number of aromatic nitrogens is 2. The third kappa shape index (κ3) is 3.56. The van der Waals surface area contributed by atoms with Crippen molar-refractivity contribution in [2.75, 3.05) is 0 Å². The lowest BCUT2D eigenvalue weighted by molar-refractivity contribution is 0.596. The molecule has 0 aliphatic heterocycles. The quantitative estimate of drug-likeness (QED) is 0.429. The summed E-state index contributed by atoms with van der Waals surface area (Å²) in [4.78, 5) is 0.333. The summed E-state index contributed by atoms with van der Waals surface area (Å²) >= 11 is 7.06. The summed E-state index contributed by atoms with van der Waals surface area (Å²) in [6.07, 6.45) is 0. The highest BCUT2D eigenvalue weighted by atomic mass is 35.5. The fraction of sp³-hybridized carbons (Fsp3) is 0. The van der Waals surface area contributed by atoms with Gasteiger partial charge in [0.1, 0.15) is 10.8 Å². The molecule has 0 spiro atoms. The highest BCUT2D eigenvalue weighted by Crippen LogP contribution is 2.32. The monoisotopic (exact) mass is 430 g/mol. The van der Waals surface area contributed by atoms with Crippen molar-refractivity contribution in [1.29, 1.82) is 0 Å². The Hall–Kier alpha value is -2.61. The van der Waals surface area contributed by atoms with Gasteiger partial charge in [-0.3, -0.25) is 0 Å². The van der Waals surface area contributed by atoms with Crippen LogP contribution in [0.5, 0.6) is 0 Å². The predicted molar refractivity (Wildman–Crippen MR) is 108 cm³/mol. The Morgan fingerprint density at radius 1 is 0.786 bits per heavy atom. The third-order valence-corrected chi connectivity index (χ3v) is 7.11. The molecule has 4 nitrogen and oxygen atoms in total. The summed E-state index contributed by atoms with van der Waals surface area (Å²) in [5.74, 6) is -0.366. The average molecular weight is 431 g/mol. The standard InChI is InChI=1S/C20H12ClFN2O2S2/c21-14-7-11-16(12-8-14)28(25,26)15-9-5-13(6-10-15)19-23-24-20(27-19)17-3-1-2-4-18(17)22/h1-12H. The molecule has 4 rings (SSSR count). The maximum absolute atomic E-state index is 13.9. The van der Waals surface area contributed by atoms with Gasteiger partial charge in [-0.15, -0.1) is 10.2 Å². The zero-order valence-corrected chi connectivity index (χ0v) is 16.6. The summed E-state index contributed by atoms with van der Waals surface area (Å²) in [7, 11) is -3.64. The van der Waals surface area contributed by atoms with Crippen LogP contribution in [0.15, 0.2) is 82.6 Å². The molecule has 0 aliphatic rings. The molecule has 0 unspecified atom stereocenters. The summed E-state index contributed by atoms with van der Waals surface area (Å²) in [6, 6.07) is 18.7. The van der Waals surface area contributed by atoms with Crippen molar-refractivity contribution in [3.05, 3.63) is 83.6 Å². The first-order valence-electron chi connectivity index (χ1n) is 8.15. The van der Waals surface area contributed by atoms with Crippen molar-refractivity contribution in [2.24, 2.45) is 0 Å². The second-order valence-electron chi connectivity index (χ2n) is 5.87. The van der Waals surface area contributed by atoms with Gasteiger partial charge in [-0.2, -0.15) is 0 Å². The molecule has 0 saturated heterocycles. The number of hydrogen-bond acceptors (Lipinski definition) is 5. The molecule has 0 N–H and O–H groups in total. The molecule has 1 heterocycles. The van der Waals surface area contributed by atoms with Crippen LogP contribution in [0.2, 0.25) is 5.02 Å². The fourth-order valence-electron chi connectivity index (χ4n) is 2.61. The molecule has 0 amide bonds. The topological polar surface area (TPSA) is 59.9 Å². The SMILES string of the molecule is O=S(=O)(c1ccc(Cl)cc1)c1ccc(-c2nnc(-c3ccccc3F)s2)cc1. The highest BCUT2D eigenvalue weighted by Gasteiger charge is 2.18. The van der Waals surface area contributed by atoms with Crippen LogP contribution in [0.1, 0.15) is 0 Å². The van der Waals surface area contributed by atoms with Crippen molar-refractivity contribution in [2.45, 2.75) is 9.79 Å². The van der Waals surface area contributed by atoms with E-state index in [9.17, 15) is 12.8 Å². The molecule has 0 bridgehead atoms. The van der Waals surface area contributed by atoms with Crippen LogP contribution in [0.25, 0.3) is 21.1 Å². The number of nitrogens with zero attached hydrogens (tertiary/aromatic N) is 2. The van der Waals surface area contributed by atoms with E-state index in [1.807, 2.05) is 0 Å². The predicted octanol–water partition coefficient (Wildman–Crippen LogP) is 5.50. The Balaban J connectivity index is 1.64. The van der Waals surface area contributed by atoms with Crippen LogP contribution >= 0.6 is 22.9 Å². The minimum Gasteiger partial charge on any atom is -0.219 e. The first kappa shape index (κ1) is 18.7. The lowest BCUT2D eigenvalue weighted by Gasteiger charge is -2.05. The van der Waals surface area contributed by atoms with Gasteiger partial charge in [-0.25, -0.2) is 12.8 Å². The first-order valence-corrected chi connectivity index (χ1v) is 10.8. The minimum atomic E-state index is -3.64. The van der Waals surface area contributed by atoms with Gasteiger partial charge in [0.05, 0.1) is 9.79 Å².